The van der Waals surface area contributed by atoms with Gasteiger partial charge in [-0.1, -0.05) is 146 Å². The summed E-state index contributed by atoms with van der Waals surface area (Å²) in [5.74, 6) is 0.802. The number of furan rings is 1. The van der Waals surface area contributed by atoms with Gasteiger partial charge in [-0.25, -0.2) is 9.98 Å². The first kappa shape index (κ1) is 35.2. The van der Waals surface area contributed by atoms with E-state index in [2.05, 4.69) is 193 Å². The zero-order valence-electron chi connectivity index (χ0n) is 33.8. The summed E-state index contributed by atoms with van der Waals surface area (Å²) in [4.78, 5) is 11.2. The Hall–Kier alpha value is -7.60. The van der Waals surface area contributed by atoms with Gasteiger partial charge in [0.05, 0.1) is 28.1 Å². The van der Waals surface area contributed by atoms with Gasteiger partial charge in [-0.2, -0.15) is 0 Å². The van der Waals surface area contributed by atoms with Gasteiger partial charge in [0.25, 0.3) is 0 Å². The topological polar surface area (TPSA) is 42.8 Å². The molecule has 4 heterocycles. The molecule has 5 heteroatoms. The first-order valence-electron chi connectivity index (χ1n) is 21.3. The molecule has 1 atom stereocenters. The fourth-order valence-corrected chi connectivity index (χ4v) is 11.0. The fraction of sp³-hybridized carbons (Fsp3) is 0.0526. The molecule has 0 aliphatic carbocycles. The summed E-state index contributed by atoms with van der Waals surface area (Å²) in [6.07, 6.45) is 3.10. The lowest BCUT2D eigenvalue weighted by atomic mass is 9.92. The number of hydrogen-bond acceptors (Lipinski definition) is 4. The molecule has 0 radical (unpaired) electrons. The molecule has 12 aromatic rings. The Labute approximate surface area is 361 Å². The number of fused-ring (bicyclic) bond motifs is 12. The van der Waals surface area contributed by atoms with Gasteiger partial charge in [-0.3, -0.25) is 0 Å². The summed E-state index contributed by atoms with van der Waals surface area (Å²) < 4.78 is 11.7. The molecular formula is C57H37N3OS. The summed E-state index contributed by atoms with van der Waals surface area (Å²) in [5.41, 5.74) is 10.0. The zero-order chi connectivity index (χ0) is 40.9. The van der Waals surface area contributed by atoms with Gasteiger partial charge in [-0.05, 0) is 76.0 Å². The fourth-order valence-electron chi connectivity index (χ4n) is 9.81. The van der Waals surface area contributed by atoms with E-state index in [0.29, 0.717) is 5.84 Å². The Morgan fingerprint density at radius 1 is 0.516 bits per heavy atom. The van der Waals surface area contributed by atoms with E-state index in [9.17, 15) is 0 Å². The second-order valence-corrected chi connectivity index (χ2v) is 17.6. The number of aromatic nitrogens is 1. The highest BCUT2D eigenvalue weighted by Crippen LogP contribution is 2.43. The first-order chi connectivity index (χ1) is 30.6. The standard InChI is InChI=1S/C57H37N3OS/c1-34-23-27-47(58-57(36-14-3-2-4-15-36)59-56(34)39-24-26-43-42-20-10-12-22-53(42)62-54(43)31-39)45-32-44-41-19-9-11-21-51(41)61-52(44)33-50(45)60-48-28-25-35-13-7-8-18-40(35)55(48)46-29-37-16-5-6-17-38(37)30-49(46)60/h2-22,24-34H,23H2,1H3/b47-27+,58-57-,59-56+. The number of allylic oxidation sites excluding steroid dienone is 1. The Balaban J connectivity index is 1.09. The van der Waals surface area contributed by atoms with Crippen molar-refractivity contribution in [2.24, 2.45) is 15.9 Å². The van der Waals surface area contributed by atoms with Gasteiger partial charge < -0.3 is 8.98 Å². The maximum atomic E-state index is 6.67. The number of hydrogen-bond donors (Lipinski definition) is 0. The van der Waals surface area contributed by atoms with Crippen molar-refractivity contribution in [3.8, 4) is 5.69 Å². The molecule has 0 bridgehead atoms. The third kappa shape index (κ3) is 5.45. The number of para-hydroxylation sites is 1. The van der Waals surface area contributed by atoms with Gasteiger partial charge in [0.15, 0.2) is 5.84 Å². The van der Waals surface area contributed by atoms with E-state index in [-0.39, 0.29) is 5.92 Å². The van der Waals surface area contributed by atoms with Gasteiger partial charge in [0.1, 0.15) is 11.2 Å². The molecule has 0 N–H and O–H groups in total. The van der Waals surface area contributed by atoms with Crippen molar-refractivity contribution in [2.75, 3.05) is 0 Å². The van der Waals surface area contributed by atoms with Crippen molar-refractivity contribution < 1.29 is 4.42 Å². The van der Waals surface area contributed by atoms with Crippen molar-refractivity contribution in [3.05, 3.63) is 205 Å². The van der Waals surface area contributed by atoms with Crippen LogP contribution in [0.3, 0.4) is 0 Å². The average Bonchev–Trinajstić information content (AvgIpc) is 3.98. The third-order valence-electron chi connectivity index (χ3n) is 12.8. The van der Waals surface area contributed by atoms with Crippen molar-refractivity contribution in [2.45, 2.75) is 13.3 Å². The zero-order valence-corrected chi connectivity index (χ0v) is 34.7. The van der Waals surface area contributed by atoms with E-state index in [1.165, 1.54) is 52.5 Å². The van der Waals surface area contributed by atoms with Crippen LogP contribution in [0.25, 0.3) is 96.8 Å². The van der Waals surface area contributed by atoms with Crippen LogP contribution >= 0.6 is 11.3 Å². The minimum atomic E-state index is 0.110. The SMILES string of the molecule is CC1C/C=C(c2cc3c(cc2-n2c4cc5ccccc5cc4c4c5ccccc5ccc42)oc2ccccc23)/N=C(c2ccccc2)\N=C/1c1ccc2c(c1)sc1ccccc12. The van der Waals surface area contributed by atoms with Gasteiger partial charge in [0.2, 0.25) is 0 Å². The summed E-state index contributed by atoms with van der Waals surface area (Å²) >= 11 is 1.84. The van der Waals surface area contributed by atoms with Gasteiger partial charge in [-0.15, -0.1) is 11.3 Å². The number of aliphatic imine (C=N–C) groups is 2. The quantitative estimate of drug-likeness (QED) is 0.175. The second-order valence-electron chi connectivity index (χ2n) is 16.5. The molecule has 0 saturated carbocycles. The number of amidine groups is 1. The van der Waals surface area contributed by atoms with Crippen LogP contribution < -0.4 is 0 Å². The molecule has 1 unspecified atom stereocenters. The summed E-state index contributed by atoms with van der Waals surface area (Å²) in [7, 11) is 0. The van der Waals surface area contributed by atoms with E-state index >= 15 is 0 Å². The highest BCUT2D eigenvalue weighted by molar-refractivity contribution is 7.25. The lowest BCUT2D eigenvalue weighted by molar-refractivity contribution is 0.668. The molecule has 0 fully saturated rings. The third-order valence-corrected chi connectivity index (χ3v) is 14.0. The normalized spacial score (nSPS) is 17.4. The molecule has 1 aliphatic rings. The Morgan fingerprint density at radius 2 is 1.24 bits per heavy atom. The average molecular weight is 812 g/mol. The Bertz CT molecular complexity index is 3920. The first-order valence-corrected chi connectivity index (χ1v) is 22.1. The molecule has 13 rings (SSSR count). The molecule has 3 aromatic heterocycles. The maximum absolute atomic E-state index is 6.67. The van der Waals surface area contributed by atoms with Crippen molar-refractivity contribution in [1.29, 1.82) is 0 Å². The van der Waals surface area contributed by atoms with E-state index in [1.807, 2.05) is 17.4 Å². The van der Waals surface area contributed by atoms with Crippen LogP contribution in [0, 0.1) is 5.92 Å². The number of rotatable bonds is 4. The monoisotopic (exact) mass is 811 g/mol. The highest BCUT2D eigenvalue weighted by Gasteiger charge is 2.24. The molecule has 9 aromatic carbocycles. The minimum absolute atomic E-state index is 0.110. The number of benzene rings is 9. The molecule has 0 saturated heterocycles. The van der Waals surface area contributed by atoms with E-state index in [0.717, 1.165) is 73.2 Å². The van der Waals surface area contributed by atoms with E-state index < -0.39 is 0 Å². The van der Waals surface area contributed by atoms with Crippen molar-refractivity contribution >= 4 is 114 Å². The van der Waals surface area contributed by atoms with Crippen molar-refractivity contribution in [1.82, 2.24) is 4.57 Å². The van der Waals surface area contributed by atoms with Gasteiger partial charge >= 0.3 is 0 Å². The largest absolute Gasteiger partial charge is 0.456 e. The molecule has 62 heavy (non-hydrogen) atoms. The molecule has 0 amide bonds. The van der Waals surface area contributed by atoms with Crippen LogP contribution in [0.1, 0.15) is 30.0 Å². The Kier molecular flexibility index (Phi) is 7.78. The second kappa shape index (κ2) is 13.7. The minimum Gasteiger partial charge on any atom is -0.456 e. The molecule has 1 aliphatic heterocycles. The highest BCUT2D eigenvalue weighted by atomic mass is 32.1. The summed E-state index contributed by atoms with van der Waals surface area (Å²) in [6.45, 7) is 2.30. The Morgan fingerprint density at radius 3 is 2.11 bits per heavy atom. The van der Waals surface area contributed by atoms with Crippen LogP contribution in [0.5, 0.6) is 0 Å². The van der Waals surface area contributed by atoms with Crippen LogP contribution in [0.4, 0.5) is 0 Å². The van der Waals surface area contributed by atoms with Crippen LogP contribution in [0.2, 0.25) is 0 Å². The molecule has 292 valence electrons. The lowest BCUT2D eigenvalue weighted by Crippen LogP contribution is -2.17. The van der Waals surface area contributed by atoms with Crippen LogP contribution in [-0.2, 0) is 0 Å². The number of nitrogens with zero attached hydrogens (tertiary/aromatic N) is 3. The summed E-state index contributed by atoms with van der Waals surface area (Å²) in [5, 5.41) is 12.0. The van der Waals surface area contributed by atoms with Crippen LogP contribution in [0.15, 0.2) is 202 Å². The molecule has 4 nitrogen and oxygen atoms in total. The van der Waals surface area contributed by atoms with E-state index in [1.54, 1.807) is 0 Å². The summed E-state index contributed by atoms with van der Waals surface area (Å²) in [6, 6.07) is 65.5. The maximum Gasteiger partial charge on any atom is 0.160 e. The lowest BCUT2D eigenvalue weighted by Gasteiger charge is -2.20. The predicted octanol–water partition coefficient (Wildman–Crippen LogP) is 15.7. The van der Waals surface area contributed by atoms with E-state index in [4.69, 9.17) is 14.4 Å². The molecular weight excluding hydrogens is 775 g/mol. The number of thiophene rings is 1. The van der Waals surface area contributed by atoms with Crippen LogP contribution in [-0.4, -0.2) is 16.1 Å². The van der Waals surface area contributed by atoms with Crippen molar-refractivity contribution in [3.63, 3.8) is 0 Å². The van der Waals surface area contributed by atoms with Gasteiger partial charge in [0, 0.05) is 64.8 Å². The smallest absolute Gasteiger partial charge is 0.160 e. The predicted molar refractivity (Wildman–Crippen MR) is 264 cm³/mol. The molecule has 0 spiro atoms.